The van der Waals surface area contributed by atoms with Gasteiger partial charge in [0.25, 0.3) is 0 Å². The molecule has 0 aromatic heterocycles. The minimum Gasteiger partial charge on any atom is -0.355 e. The number of carbonyl (C=O) groups is 1. The summed E-state index contributed by atoms with van der Waals surface area (Å²) >= 11 is 0. The predicted molar refractivity (Wildman–Crippen MR) is 96.9 cm³/mol. The van der Waals surface area contributed by atoms with Crippen LogP contribution in [-0.4, -0.2) is 18.5 Å². The zero-order valence-corrected chi connectivity index (χ0v) is 14.8. The Balaban J connectivity index is 0.00000192. The molecule has 0 spiro atoms. The number of aryl methyl sites for hydroxylation is 1. The summed E-state index contributed by atoms with van der Waals surface area (Å²) in [4.78, 5) is 12.4. The molecule has 0 bridgehead atoms. The lowest BCUT2D eigenvalue weighted by atomic mass is 9.78. The summed E-state index contributed by atoms with van der Waals surface area (Å²) < 4.78 is 0. The number of hydrogen-bond acceptors (Lipinski definition) is 2. The lowest BCUT2D eigenvalue weighted by Gasteiger charge is -2.31. The van der Waals surface area contributed by atoms with Crippen molar-refractivity contribution in [1.82, 2.24) is 5.32 Å². The molecule has 0 saturated heterocycles. The smallest absolute Gasteiger partial charge is 0.223 e. The van der Waals surface area contributed by atoms with Gasteiger partial charge in [0.1, 0.15) is 0 Å². The highest BCUT2D eigenvalue weighted by Crippen LogP contribution is 2.41. The quantitative estimate of drug-likeness (QED) is 0.884. The van der Waals surface area contributed by atoms with Crippen molar-refractivity contribution < 1.29 is 4.79 Å². The summed E-state index contributed by atoms with van der Waals surface area (Å²) in [5.41, 5.74) is 8.78. The van der Waals surface area contributed by atoms with Crippen LogP contribution in [0.3, 0.4) is 0 Å². The molecule has 1 aromatic rings. The van der Waals surface area contributed by atoms with Crippen LogP contribution in [0.4, 0.5) is 0 Å². The van der Waals surface area contributed by atoms with Crippen molar-refractivity contribution in [2.24, 2.45) is 11.7 Å². The minimum absolute atomic E-state index is 0. The summed E-state index contributed by atoms with van der Waals surface area (Å²) in [5, 5.41) is 3.25. The van der Waals surface area contributed by atoms with Crippen molar-refractivity contribution in [2.75, 3.05) is 6.54 Å². The van der Waals surface area contributed by atoms with Gasteiger partial charge in [-0.1, -0.05) is 42.7 Å². The van der Waals surface area contributed by atoms with E-state index in [1.807, 2.05) is 0 Å². The summed E-state index contributed by atoms with van der Waals surface area (Å²) in [6.45, 7) is 2.92. The van der Waals surface area contributed by atoms with Gasteiger partial charge in [0.2, 0.25) is 5.91 Å². The fourth-order valence-corrected chi connectivity index (χ4v) is 4.25. The average molecular weight is 337 g/mol. The number of rotatable bonds is 4. The lowest BCUT2D eigenvalue weighted by Crippen LogP contribution is -2.41. The van der Waals surface area contributed by atoms with Crippen LogP contribution in [0.2, 0.25) is 0 Å². The van der Waals surface area contributed by atoms with Gasteiger partial charge in [0.05, 0.1) is 0 Å². The number of benzene rings is 1. The zero-order valence-electron chi connectivity index (χ0n) is 14.0. The van der Waals surface area contributed by atoms with E-state index in [0.29, 0.717) is 0 Å². The summed E-state index contributed by atoms with van der Waals surface area (Å²) in [7, 11) is 0. The van der Waals surface area contributed by atoms with Crippen LogP contribution >= 0.6 is 12.4 Å². The second-order valence-electron chi connectivity index (χ2n) is 7.34. The largest absolute Gasteiger partial charge is 0.355 e. The first-order valence-electron chi connectivity index (χ1n) is 8.69. The number of halogens is 1. The number of carbonyl (C=O) groups excluding carboxylic acids is 1. The van der Waals surface area contributed by atoms with Crippen LogP contribution in [0.5, 0.6) is 0 Å². The van der Waals surface area contributed by atoms with Gasteiger partial charge < -0.3 is 11.1 Å². The Bertz CT molecular complexity index is 540. The Morgan fingerprint density at radius 3 is 2.65 bits per heavy atom. The standard InChI is InChI=1S/C19H28N2O.ClH/c1-14-5-4-6-16(11-14)19(9-2-3-10-19)13-21-18(22)15-7-8-17(20)12-15;/h4-6,11,15,17H,2-3,7-10,12-13,20H2,1H3,(H,21,22);1H. The Morgan fingerprint density at radius 1 is 1.30 bits per heavy atom. The summed E-state index contributed by atoms with van der Waals surface area (Å²) in [6, 6.07) is 9.03. The van der Waals surface area contributed by atoms with Gasteiger partial charge in [-0.2, -0.15) is 0 Å². The maximum atomic E-state index is 12.4. The van der Waals surface area contributed by atoms with E-state index in [1.54, 1.807) is 0 Å². The first-order valence-corrected chi connectivity index (χ1v) is 8.69. The molecule has 2 fully saturated rings. The molecular weight excluding hydrogens is 308 g/mol. The molecule has 1 amide bonds. The first kappa shape index (κ1) is 18.3. The highest BCUT2D eigenvalue weighted by molar-refractivity contribution is 5.85. The van der Waals surface area contributed by atoms with Crippen LogP contribution in [0.25, 0.3) is 0 Å². The molecule has 3 rings (SSSR count). The van der Waals surface area contributed by atoms with Crippen LogP contribution < -0.4 is 11.1 Å². The van der Waals surface area contributed by atoms with Crippen LogP contribution in [0.1, 0.15) is 56.1 Å². The van der Waals surface area contributed by atoms with Crippen LogP contribution in [0.15, 0.2) is 24.3 Å². The Labute approximate surface area is 145 Å². The van der Waals surface area contributed by atoms with Gasteiger partial charge in [0, 0.05) is 23.9 Å². The summed E-state index contributed by atoms with van der Waals surface area (Å²) in [5.74, 6) is 0.345. The molecule has 0 heterocycles. The normalized spacial score (nSPS) is 25.8. The van der Waals surface area contributed by atoms with Crippen LogP contribution in [0, 0.1) is 12.8 Å². The molecule has 23 heavy (non-hydrogen) atoms. The third kappa shape index (κ3) is 4.07. The van der Waals surface area contributed by atoms with Crippen molar-refractivity contribution in [3.63, 3.8) is 0 Å². The second kappa shape index (κ2) is 7.67. The maximum Gasteiger partial charge on any atom is 0.223 e. The van der Waals surface area contributed by atoms with Gasteiger partial charge in [-0.05, 0) is 44.6 Å². The van der Waals surface area contributed by atoms with E-state index in [0.717, 1.165) is 25.8 Å². The number of hydrogen-bond donors (Lipinski definition) is 2. The molecule has 2 aliphatic rings. The van der Waals surface area contributed by atoms with E-state index in [9.17, 15) is 4.79 Å². The van der Waals surface area contributed by atoms with E-state index in [1.165, 1.54) is 36.8 Å². The van der Waals surface area contributed by atoms with E-state index >= 15 is 0 Å². The van der Waals surface area contributed by atoms with Gasteiger partial charge in [0.15, 0.2) is 0 Å². The van der Waals surface area contributed by atoms with Crippen molar-refractivity contribution in [1.29, 1.82) is 0 Å². The van der Waals surface area contributed by atoms with Gasteiger partial charge in [-0.3, -0.25) is 4.79 Å². The summed E-state index contributed by atoms with van der Waals surface area (Å²) in [6.07, 6.45) is 7.67. The van der Waals surface area contributed by atoms with Gasteiger partial charge in [-0.25, -0.2) is 0 Å². The second-order valence-corrected chi connectivity index (χ2v) is 7.34. The molecule has 2 atom stereocenters. The van der Waals surface area contributed by atoms with Gasteiger partial charge in [-0.15, -0.1) is 12.4 Å². The fourth-order valence-electron chi connectivity index (χ4n) is 4.25. The molecule has 3 nitrogen and oxygen atoms in total. The highest BCUT2D eigenvalue weighted by atomic mass is 35.5. The Morgan fingerprint density at radius 2 is 2.04 bits per heavy atom. The van der Waals surface area contributed by atoms with E-state index in [-0.39, 0.29) is 35.7 Å². The molecule has 4 heteroatoms. The van der Waals surface area contributed by atoms with Gasteiger partial charge >= 0.3 is 0 Å². The van der Waals surface area contributed by atoms with Crippen molar-refractivity contribution in [3.8, 4) is 0 Å². The Hall–Kier alpha value is -1.06. The molecule has 0 radical (unpaired) electrons. The molecule has 2 saturated carbocycles. The lowest BCUT2D eigenvalue weighted by molar-refractivity contribution is -0.125. The number of nitrogens with two attached hydrogens (primary N) is 1. The first-order chi connectivity index (χ1) is 10.6. The Kier molecular flexibility index (Phi) is 6.10. The SMILES string of the molecule is Cc1cccc(C2(CNC(=O)C3CCC(N)C3)CCCC2)c1.Cl. The maximum absolute atomic E-state index is 12.4. The van der Waals surface area contributed by atoms with Crippen molar-refractivity contribution in [2.45, 2.75) is 63.3 Å². The molecule has 2 aliphatic carbocycles. The van der Waals surface area contributed by atoms with E-state index in [4.69, 9.17) is 5.73 Å². The van der Waals surface area contributed by atoms with Crippen molar-refractivity contribution in [3.05, 3.63) is 35.4 Å². The number of nitrogens with one attached hydrogen (secondary N) is 1. The fraction of sp³-hybridized carbons (Fsp3) is 0.632. The predicted octanol–water partition coefficient (Wildman–Crippen LogP) is 3.47. The van der Waals surface area contributed by atoms with Crippen LogP contribution in [-0.2, 0) is 10.2 Å². The van der Waals surface area contributed by atoms with E-state index in [2.05, 4.69) is 36.5 Å². The molecule has 128 valence electrons. The molecule has 3 N–H and O–H groups in total. The third-order valence-electron chi connectivity index (χ3n) is 5.64. The van der Waals surface area contributed by atoms with E-state index < -0.39 is 0 Å². The topological polar surface area (TPSA) is 55.1 Å². The molecular formula is C19H29ClN2O. The zero-order chi connectivity index (χ0) is 15.6. The molecule has 1 aromatic carbocycles. The molecule has 0 aliphatic heterocycles. The van der Waals surface area contributed by atoms with Crippen molar-refractivity contribution >= 4 is 18.3 Å². The average Bonchev–Trinajstić information content (AvgIpc) is 3.15. The number of amides is 1. The highest BCUT2D eigenvalue weighted by Gasteiger charge is 2.37. The molecule has 2 unspecified atom stereocenters. The monoisotopic (exact) mass is 336 g/mol. The third-order valence-corrected chi connectivity index (χ3v) is 5.64. The minimum atomic E-state index is 0.